The number of ether oxygens (including phenoxy) is 2. The lowest BCUT2D eigenvalue weighted by molar-refractivity contribution is -0.161. The first kappa shape index (κ1) is 47.0. The topological polar surface area (TPSA) is 134 Å². The Labute approximate surface area is 298 Å². The van der Waals surface area contributed by atoms with E-state index in [0.717, 1.165) is 89.9 Å². The Morgan fingerprint density at radius 3 is 1.55 bits per heavy atom. The lowest BCUT2D eigenvalue weighted by Crippen LogP contribution is -2.29. The minimum Gasteiger partial charge on any atom is -0.462 e. The summed E-state index contributed by atoms with van der Waals surface area (Å²) in [6.07, 6.45) is 38.5. The fourth-order valence-electron chi connectivity index (χ4n) is 4.78. The summed E-state index contributed by atoms with van der Waals surface area (Å²) in [4.78, 5) is 34.7. The maximum absolute atomic E-state index is 12.5. The SMILES string of the molecule is CCCC/C=C\C/C=C\CCCCCCCC(=O)OCC(COP(=O)(O)OCCN)OC(=O)CCCCCCC/C=C\C/C=C\CCCC. The largest absolute Gasteiger partial charge is 0.472 e. The molecular formula is C39H70NO8P. The smallest absolute Gasteiger partial charge is 0.462 e. The number of rotatable bonds is 35. The Kier molecular flexibility index (Phi) is 34.3. The Balaban J connectivity index is 4.28. The first-order valence-corrected chi connectivity index (χ1v) is 20.6. The lowest BCUT2D eigenvalue weighted by atomic mass is 10.1. The predicted octanol–water partition coefficient (Wildman–Crippen LogP) is 10.4. The number of carbonyl (C=O) groups is 2. The number of hydrogen-bond acceptors (Lipinski definition) is 8. The van der Waals surface area contributed by atoms with Crippen LogP contribution in [-0.2, 0) is 32.7 Å². The standard InChI is InChI=1S/C39H70NO8P/c1-3-5-7-9-11-13-15-17-19-21-23-25-27-29-31-38(41)45-35-37(36-47-49(43,44)46-34-33-40)48-39(42)32-30-28-26-24-22-20-18-16-14-12-10-8-6-4-2/h9-12,15-18,37H,3-8,13-14,19-36,40H2,1-2H3,(H,43,44)/b11-9-,12-10-,17-15-,18-16-. The van der Waals surface area contributed by atoms with Crippen LogP contribution in [0.15, 0.2) is 48.6 Å². The minimum absolute atomic E-state index is 0.0472. The van der Waals surface area contributed by atoms with Crippen LogP contribution in [0.3, 0.4) is 0 Å². The van der Waals surface area contributed by atoms with Crippen LogP contribution in [0.2, 0.25) is 0 Å². The quantitative estimate of drug-likeness (QED) is 0.0285. The van der Waals surface area contributed by atoms with Gasteiger partial charge in [-0.2, -0.15) is 0 Å². The summed E-state index contributed by atoms with van der Waals surface area (Å²) >= 11 is 0. The Bertz CT molecular complexity index is 949. The summed E-state index contributed by atoms with van der Waals surface area (Å²) in [6.45, 7) is 3.59. The van der Waals surface area contributed by atoms with E-state index >= 15 is 0 Å². The molecule has 0 aliphatic rings. The summed E-state index contributed by atoms with van der Waals surface area (Å²) in [6, 6.07) is 0. The van der Waals surface area contributed by atoms with Crippen molar-refractivity contribution in [1.29, 1.82) is 0 Å². The Hall–Kier alpha value is -2.03. The van der Waals surface area contributed by atoms with E-state index in [0.29, 0.717) is 12.8 Å². The third-order valence-electron chi connectivity index (χ3n) is 7.69. The molecule has 0 rings (SSSR count). The monoisotopic (exact) mass is 711 g/mol. The second-order valence-electron chi connectivity index (χ2n) is 12.4. The number of carbonyl (C=O) groups excluding carboxylic acids is 2. The Morgan fingerprint density at radius 1 is 0.612 bits per heavy atom. The van der Waals surface area contributed by atoms with Crippen LogP contribution >= 0.6 is 7.82 Å². The van der Waals surface area contributed by atoms with Crippen LogP contribution in [0.25, 0.3) is 0 Å². The molecule has 0 fully saturated rings. The van der Waals surface area contributed by atoms with Gasteiger partial charge in [0, 0.05) is 19.4 Å². The summed E-state index contributed by atoms with van der Waals surface area (Å²) in [5, 5.41) is 0. The molecule has 0 aromatic heterocycles. The average molecular weight is 712 g/mol. The van der Waals surface area contributed by atoms with Gasteiger partial charge in [0.15, 0.2) is 6.10 Å². The fourth-order valence-corrected chi connectivity index (χ4v) is 5.55. The molecule has 2 unspecified atom stereocenters. The first-order chi connectivity index (χ1) is 23.8. The van der Waals surface area contributed by atoms with E-state index in [2.05, 4.69) is 62.5 Å². The maximum atomic E-state index is 12.5. The highest BCUT2D eigenvalue weighted by Crippen LogP contribution is 2.43. The van der Waals surface area contributed by atoms with E-state index in [4.69, 9.17) is 24.3 Å². The lowest BCUT2D eigenvalue weighted by Gasteiger charge is -2.19. The van der Waals surface area contributed by atoms with Gasteiger partial charge in [-0.05, 0) is 64.2 Å². The zero-order valence-corrected chi connectivity index (χ0v) is 31.8. The molecule has 2 atom stereocenters. The summed E-state index contributed by atoms with van der Waals surface area (Å²) in [5.74, 6) is -0.866. The molecule has 0 spiro atoms. The van der Waals surface area contributed by atoms with E-state index < -0.39 is 32.5 Å². The molecule has 0 amide bonds. The molecule has 0 aliphatic heterocycles. The highest BCUT2D eigenvalue weighted by Gasteiger charge is 2.25. The normalized spacial score (nSPS) is 14.0. The van der Waals surface area contributed by atoms with Crippen molar-refractivity contribution >= 4 is 19.8 Å². The van der Waals surface area contributed by atoms with Crippen molar-refractivity contribution in [2.24, 2.45) is 5.73 Å². The van der Waals surface area contributed by atoms with Crippen molar-refractivity contribution in [3.63, 3.8) is 0 Å². The van der Waals surface area contributed by atoms with E-state index in [1.54, 1.807) is 0 Å². The van der Waals surface area contributed by atoms with E-state index in [9.17, 15) is 19.0 Å². The Morgan fingerprint density at radius 2 is 1.06 bits per heavy atom. The molecule has 284 valence electrons. The van der Waals surface area contributed by atoms with Gasteiger partial charge in [0.05, 0.1) is 13.2 Å². The highest BCUT2D eigenvalue weighted by molar-refractivity contribution is 7.47. The van der Waals surface area contributed by atoms with Gasteiger partial charge in [-0.25, -0.2) is 4.57 Å². The molecule has 0 heterocycles. The number of nitrogens with two attached hydrogens (primary N) is 1. The van der Waals surface area contributed by atoms with Gasteiger partial charge in [-0.3, -0.25) is 18.6 Å². The van der Waals surface area contributed by atoms with Gasteiger partial charge in [-0.1, -0.05) is 127 Å². The number of phosphoric acid groups is 1. The maximum Gasteiger partial charge on any atom is 0.472 e. The van der Waals surface area contributed by atoms with Crippen LogP contribution in [-0.4, -0.2) is 49.3 Å². The van der Waals surface area contributed by atoms with Gasteiger partial charge in [0.25, 0.3) is 0 Å². The number of allylic oxidation sites excluding steroid dienone is 8. The van der Waals surface area contributed by atoms with Gasteiger partial charge < -0.3 is 20.1 Å². The number of esters is 2. The summed E-state index contributed by atoms with van der Waals surface area (Å²) in [5.41, 5.74) is 5.33. The predicted molar refractivity (Wildman–Crippen MR) is 201 cm³/mol. The highest BCUT2D eigenvalue weighted by atomic mass is 31.2. The molecule has 49 heavy (non-hydrogen) atoms. The van der Waals surface area contributed by atoms with Crippen molar-refractivity contribution in [2.45, 2.75) is 161 Å². The number of hydrogen-bond donors (Lipinski definition) is 2. The summed E-state index contributed by atoms with van der Waals surface area (Å²) in [7, 11) is -4.38. The van der Waals surface area contributed by atoms with Gasteiger partial charge >= 0.3 is 19.8 Å². The summed E-state index contributed by atoms with van der Waals surface area (Å²) < 4.78 is 32.6. The first-order valence-electron chi connectivity index (χ1n) is 19.1. The third-order valence-corrected chi connectivity index (χ3v) is 8.67. The molecular weight excluding hydrogens is 641 g/mol. The zero-order valence-electron chi connectivity index (χ0n) is 30.9. The minimum atomic E-state index is -4.38. The molecule has 0 radical (unpaired) electrons. The van der Waals surface area contributed by atoms with E-state index in [1.165, 1.54) is 25.7 Å². The van der Waals surface area contributed by atoms with Crippen LogP contribution in [0, 0.1) is 0 Å². The van der Waals surface area contributed by atoms with Gasteiger partial charge in [0.1, 0.15) is 6.61 Å². The van der Waals surface area contributed by atoms with Gasteiger partial charge in [-0.15, -0.1) is 0 Å². The van der Waals surface area contributed by atoms with Crippen molar-refractivity contribution in [3.8, 4) is 0 Å². The van der Waals surface area contributed by atoms with Crippen molar-refractivity contribution in [2.75, 3.05) is 26.4 Å². The molecule has 0 bridgehead atoms. The number of unbranched alkanes of at least 4 members (excludes halogenated alkanes) is 14. The molecule has 3 N–H and O–H groups in total. The second-order valence-corrected chi connectivity index (χ2v) is 13.9. The molecule has 0 aromatic carbocycles. The zero-order chi connectivity index (χ0) is 36.1. The van der Waals surface area contributed by atoms with Crippen molar-refractivity contribution in [3.05, 3.63) is 48.6 Å². The molecule has 9 nitrogen and oxygen atoms in total. The van der Waals surface area contributed by atoms with E-state index in [1.807, 2.05) is 0 Å². The molecule has 0 saturated carbocycles. The second kappa shape index (κ2) is 35.8. The van der Waals surface area contributed by atoms with Crippen LogP contribution in [0.1, 0.15) is 155 Å². The average Bonchev–Trinajstić information content (AvgIpc) is 3.08. The van der Waals surface area contributed by atoms with Crippen LogP contribution in [0.4, 0.5) is 0 Å². The molecule has 0 saturated heterocycles. The van der Waals surface area contributed by atoms with Gasteiger partial charge in [0.2, 0.25) is 0 Å². The molecule has 0 aromatic rings. The number of phosphoric ester groups is 1. The third kappa shape index (κ3) is 35.6. The molecule has 10 heteroatoms. The van der Waals surface area contributed by atoms with Crippen molar-refractivity contribution in [1.82, 2.24) is 0 Å². The fraction of sp³-hybridized carbons (Fsp3) is 0.744. The van der Waals surface area contributed by atoms with Crippen molar-refractivity contribution < 1.29 is 37.6 Å². The van der Waals surface area contributed by atoms with Crippen LogP contribution < -0.4 is 5.73 Å². The van der Waals surface area contributed by atoms with Crippen LogP contribution in [0.5, 0.6) is 0 Å². The molecule has 0 aliphatic carbocycles. The van der Waals surface area contributed by atoms with E-state index in [-0.39, 0.29) is 32.6 Å².